The Hall–Kier alpha value is -0.840. The molecular weight excluding hydrogens is 232 g/mol. The van der Waals surface area contributed by atoms with E-state index in [1.807, 2.05) is 30.4 Å². The van der Waals surface area contributed by atoms with Gasteiger partial charge in [0.15, 0.2) is 0 Å². The van der Waals surface area contributed by atoms with Crippen molar-refractivity contribution in [3.63, 3.8) is 0 Å². The molecule has 0 aromatic carbocycles. The Kier molecular flexibility index (Phi) is 3.30. The molecule has 17 heavy (non-hydrogen) atoms. The summed E-state index contributed by atoms with van der Waals surface area (Å²) >= 11 is 2.05. The summed E-state index contributed by atoms with van der Waals surface area (Å²) in [6.45, 7) is 8.72. The number of aryl methyl sites for hydroxylation is 2. The van der Waals surface area contributed by atoms with Gasteiger partial charge in [0.1, 0.15) is 5.82 Å². The van der Waals surface area contributed by atoms with Crippen LogP contribution < -0.4 is 10.6 Å². The smallest absolute Gasteiger partial charge is 0.150 e. The molecule has 0 radical (unpaired) electrons. The van der Waals surface area contributed by atoms with Crippen molar-refractivity contribution in [1.29, 1.82) is 0 Å². The largest absolute Gasteiger partial charge is 0.394 e. The molecule has 0 atom stereocenters. The minimum Gasteiger partial charge on any atom is -0.394 e. The molecule has 2 N–H and O–H groups in total. The van der Waals surface area contributed by atoms with Crippen molar-refractivity contribution in [1.82, 2.24) is 9.78 Å². The van der Waals surface area contributed by atoms with Gasteiger partial charge in [-0.2, -0.15) is 16.9 Å². The quantitative estimate of drug-likeness (QED) is 0.833. The summed E-state index contributed by atoms with van der Waals surface area (Å²) in [5, 5.41) is 4.40. The molecule has 1 saturated heterocycles. The Balaban J connectivity index is 2.23. The highest BCUT2D eigenvalue weighted by Gasteiger charge is 2.26. The topological polar surface area (TPSA) is 47.1 Å². The third-order valence-electron chi connectivity index (χ3n) is 3.37. The van der Waals surface area contributed by atoms with Crippen LogP contribution in [0.25, 0.3) is 0 Å². The van der Waals surface area contributed by atoms with E-state index in [0.29, 0.717) is 4.75 Å². The Morgan fingerprint density at radius 2 is 2.06 bits per heavy atom. The molecule has 0 amide bonds. The lowest BCUT2D eigenvalue weighted by molar-refractivity contribution is 0.623. The molecule has 1 fully saturated rings. The van der Waals surface area contributed by atoms with E-state index in [-0.39, 0.29) is 0 Å². The number of anilines is 2. The van der Waals surface area contributed by atoms with Gasteiger partial charge in [0.2, 0.25) is 0 Å². The van der Waals surface area contributed by atoms with E-state index in [1.54, 1.807) is 0 Å². The number of hydrogen-bond acceptors (Lipinski definition) is 4. The Morgan fingerprint density at radius 1 is 1.35 bits per heavy atom. The Labute approximate surface area is 108 Å². The van der Waals surface area contributed by atoms with Crippen LogP contribution in [0.3, 0.4) is 0 Å². The molecule has 2 rings (SSSR count). The zero-order chi connectivity index (χ0) is 12.6. The van der Waals surface area contributed by atoms with Gasteiger partial charge in [0, 0.05) is 30.6 Å². The number of aromatic nitrogens is 2. The van der Waals surface area contributed by atoms with Crippen LogP contribution in [0.5, 0.6) is 0 Å². The molecule has 5 heteroatoms. The highest BCUT2D eigenvalue weighted by atomic mass is 32.2. The van der Waals surface area contributed by atoms with Crippen LogP contribution in [0.4, 0.5) is 11.5 Å². The first-order valence-corrected chi connectivity index (χ1v) is 7.07. The van der Waals surface area contributed by atoms with E-state index < -0.39 is 0 Å². The predicted octanol–water partition coefficient (Wildman–Crippen LogP) is 2.03. The van der Waals surface area contributed by atoms with Gasteiger partial charge >= 0.3 is 0 Å². The summed E-state index contributed by atoms with van der Waals surface area (Å²) in [4.78, 5) is 2.37. The zero-order valence-electron chi connectivity index (χ0n) is 11.2. The molecule has 0 unspecified atom stereocenters. The van der Waals surface area contributed by atoms with Crippen molar-refractivity contribution < 1.29 is 0 Å². The van der Waals surface area contributed by atoms with E-state index >= 15 is 0 Å². The van der Waals surface area contributed by atoms with E-state index in [9.17, 15) is 0 Å². The standard InChI is InChI=1S/C12H22N4S/c1-9-10(13)11(15(4)14-9)16-6-5-12(2,3)17-8-7-16/h5-8,13H2,1-4H3. The summed E-state index contributed by atoms with van der Waals surface area (Å²) in [6.07, 6.45) is 1.18. The molecule has 2 heterocycles. The van der Waals surface area contributed by atoms with Gasteiger partial charge in [0.25, 0.3) is 0 Å². The van der Waals surface area contributed by atoms with Crippen LogP contribution in [-0.4, -0.2) is 33.4 Å². The Bertz CT molecular complexity index is 411. The van der Waals surface area contributed by atoms with E-state index in [4.69, 9.17) is 5.73 Å². The summed E-state index contributed by atoms with van der Waals surface area (Å²) in [5.41, 5.74) is 7.88. The maximum atomic E-state index is 6.12. The lowest BCUT2D eigenvalue weighted by Gasteiger charge is -2.24. The minimum absolute atomic E-state index is 0.372. The molecule has 1 aliphatic heterocycles. The second-order valence-electron chi connectivity index (χ2n) is 5.29. The summed E-state index contributed by atoms with van der Waals surface area (Å²) in [7, 11) is 1.97. The van der Waals surface area contributed by atoms with Crippen molar-refractivity contribution in [3.05, 3.63) is 5.69 Å². The minimum atomic E-state index is 0.372. The molecule has 0 saturated carbocycles. The van der Waals surface area contributed by atoms with Crippen LogP contribution in [-0.2, 0) is 7.05 Å². The van der Waals surface area contributed by atoms with Crippen LogP contribution in [0, 0.1) is 6.92 Å². The number of thioether (sulfide) groups is 1. The van der Waals surface area contributed by atoms with Gasteiger partial charge in [-0.3, -0.25) is 4.68 Å². The maximum Gasteiger partial charge on any atom is 0.150 e. The Morgan fingerprint density at radius 3 is 2.65 bits per heavy atom. The average molecular weight is 254 g/mol. The second kappa shape index (κ2) is 4.44. The monoisotopic (exact) mass is 254 g/mol. The number of nitrogen functional groups attached to an aromatic ring is 1. The molecule has 4 nitrogen and oxygen atoms in total. The third kappa shape index (κ3) is 2.54. The van der Waals surface area contributed by atoms with Crippen molar-refractivity contribution in [2.75, 3.05) is 29.5 Å². The van der Waals surface area contributed by atoms with Crippen molar-refractivity contribution >= 4 is 23.3 Å². The number of nitrogens with two attached hydrogens (primary N) is 1. The van der Waals surface area contributed by atoms with Gasteiger partial charge in [-0.05, 0) is 13.3 Å². The highest BCUT2D eigenvalue weighted by Crippen LogP contribution is 2.34. The van der Waals surface area contributed by atoms with Crippen molar-refractivity contribution in [2.45, 2.75) is 31.9 Å². The van der Waals surface area contributed by atoms with Gasteiger partial charge in [-0.1, -0.05) is 13.8 Å². The van der Waals surface area contributed by atoms with E-state index in [1.165, 1.54) is 6.42 Å². The summed E-state index contributed by atoms with van der Waals surface area (Å²) < 4.78 is 2.28. The third-order valence-corrected chi connectivity index (χ3v) is 4.75. The van der Waals surface area contributed by atoms with Gasteiger partial charge < -0.3 is 10.6 Å². The number of rotatable bonds is 1. The lowest BCUT2D eigenvalue weighted by Crippen LogP contribution is -2.29. The molecule has 1 aromatic heterocycles. The van der Waals surface area contributed by atoms with Crippen LogP contribution in [0.2, 0.25) is 0 Å². The van der Waals surface area contributed by atoms with E-state index in [0.717, 1.165) is 36.0 Å². The first kappa shape index (κ1) is 12.6. The molecule has 0 spiro atoms. The SMILES string of the molecule is Cc1nn(C)c(N2CCSC(C)(C)CC2)c1N. The van der Waals surface area contributed by atoms with Crippen molar-refractivity contribution in [2.24, 2.45) is 7.05 Å². The maximum absolute atomic E-state index is 6.12. The molecule has 1 aromatic rings. The molecular formula is C12H22N4S. The fourth-order valence-corrected chi connectivity index (χ4v) is 3.37. The second-order valence-corrected chi connectivity index (χ2v) is 7.09. The van der Waals surface area contributed by atoms with Gasteiger partial charge in [-0.15, -0.1) is 0 Å². The van der Waals surface area contributed by atoms with Gasteiger partial charge in [0.05, 0.1) is 11.4 Å². The van der Waals surface area contributed by atoms with Crippen LogP contribution in [0.1, 0.15) is 26.0 Å². The van der Waals surface area contributed by atoms with Crippen LogP contribution in [0.15, 0.2) is 0 Å². The molecule has 96 valence electrons. The molecule has 0 aliphatic carbocycles. The van der Waals surface area contributed by atoms with Crippen molar-refractivity contribution in [3.8, 4) is 0 Å². The van der Waals surface area contributed by atoms with Gasteiger partial charge in [-0.25, -0.2) is 0 Å². The van der Waals surface area contributed by atoms with E-state index in [2.05, 4.69) is 23.8 Å². The highest BCUT2D eigenvalue weighted by molar-refractivity contribution is 8.00. The first-order valence-electron chi connectivity index (χ1n) is 6.09. The first-order chi connectivity index (χ1) is 7.91. The zero-order valence-corrected chi connectivity index (χ0v) is 12.0. The fourth-order valence-electron chi connectivity index (χ4n) is 2.27. The molecule has 0 bridgehead atoms. The number of nitrogens with zero attached hydrogens (tertiary/aromatic N) is 3. The fraction of sp³-hybridized carbons (Fsp3) is 0.750. The van der Waals surface area contributed by atoms with Crippen LogP contribution >= 0.6 is 11.8 Å². The summed E-state index contributed by atoms with van der Waals surface area (Å²) in [6, 6.07) is 0. The normalized spacial score (nSPS) is 20.4. The number of hydrogen-bond donors (Lipinski definition) is 1. The average Bonchev–Trinajstić information content (AvgIpc) is 2.40. The lowest BCUT2D eigenvalue weighted by atomic mass is 10.1. The summed E-state index contributed by atoms with van der Waals surface area (Å²) in [5.74, 6) is 2.23. The predicted molar refractivity (Wildman–Crippen MR) is 75.7 cm³/mol. The molecule has 1 aliphatic rings.